The first-order valence-electron chi connectivity index (χ1n) is 8.93. The molecule has 2 heterocycles. The van der Waals surface area contributed by atoms with Crippen LogP contribution in [0.25, 0.3) is 5.70 Å². The van der Waals surface area contributed by atoms with Crippen molar-refractivity contribution in [3.8, 4) is 0 Å². The maximum Gasteiger partial charge on any atom is 0.159 e. The first-order valence-corrected chi connectivity index (χ1v) is 11.1. The summed E-state index contributed by atoms with van der Waals surface area (Å²) >= 11 is 8.56. The van der Waals surface area contributed by atoms with E-state index in [2.05, 4.69) is 57.7 Å². The number of aromatic nitrogens is 3. The molecule has 0 saturated carbocycles. The molecule has 0 amide bonds. The van der Waals surface area contributed by atoms with E-state index in [1.165, 1.54) is 11.9 Å². The van der Waals surface area contributed by atoms with Crippen molar-refractivity contribution in [3.63, 3.8) is 0 Å². The van der Waals surface area contributed by atoms with Crippen LogP contribution in [0.15, 0.2) is 36.0 Å². The van der Waals surface area contributed by atoms with Crippen LogP contribution in [-0.2, 0) is 0 Å². The Morgan fingerprint density at radius 1 is 1.17 bits per heavy atom. The van der Waals surface area contributed by atoms with Crippen molar-refractivity contribution in [2.75, 3.05) is 16.4 Å². The molecule has 0 aliphatic carbocycles. The Morgan fingerprint density at radius 3 is 2.52 bits per heavy atom. The molecule has 0 bridgehead atoms. The number of hydrogen-bond donors (Lipinski definition) is 4. The Labute approximate surface area is 185 Å². The van der Waals surface area contributed by atoms with Crippen LogP contribution in [0.5, 0.6) is 0 Å². The summed E-state index contributed by atoms with van der Waals surface area (Å²) in [5.74, 6) is 1.65. The number of anilines is 2. The van der Waals surface area contributed by atoms with Gasteiger partial charge in [0, 0.05) is 16.8 Å². The highest BCUT2D eigenvalue weighted by Gasteiger charge is 2.19. The Balaban J connectivity index is 2.07. The second-order valence-corrected chi connectivity index (χ2v) is 9.83. The zero-order valence-electron chi connectivity index (χ0n) is 17.2. The number of halogens is 1. The van der Waals surface area contributed by atoms with E-state index in [-0.39, 0.29) is 16.2 Å². The predicted octanol–water partition coefficient (Wildman–Crippen LogP) is 5.40. The summed E-state index contributed by atoms with van der Waals surface area (Å²) in [5.41, 5.74) is 0.553. The summed E-state index contributed by atoms with van der Waals surface area (Å²) in [6.45, 7) is 14.2. The van der Waals surface area contributed by atoms with Gasteiger partial charge in [0.15, 0.2) is 5.15 Å². The van der Waals surface area contributed by atoms with Gasteiger partial charge < -0.3 is 15.2 Å². The van der Waals surface area contributed by atoms with Crippen LogP contribution in [-0.4, -0.2) is 36.3 Å². The van der Waals surface area contributed by atoms with Crippen molar-refractivity contribution in [2.24, 2.45) is 0 Å². The SMILES string of the molecule is C=C(Nc1cccc(SNC(C)(C)C)n1)c1ncc(NC(C)(C)CSO)nc1Cl. The van der Waals surface area contributed by atoms with E-state index < -0.39 is 0 Å². The van der Waals surface area contributed by atoms with Gasteiger partial charge in [-0.3, -0.25) is 4.72 Å². The van der Waals surface area contributed by atoms with Crippen LogP contribution >= 0.6 is 35.6 Å². The van der Waals surface area contributed by atoms with Crippen molar-refractivity contribution < 1.29 is 4.55 Å². The van der Waals surface area contributed by atoms with Crippen LogP contribution in [0.4, 0.5) is 11.6 Å². The summed E-state index contributed by atoms with van der Waals surface area (Å²) in [4.78, 5) is 13.3. The monoisotopic (exact) mass is 454 g/mol. The highest BCUT2D eigenvalue weighted by molar-refractivity contribution is 7.97. The highest BCUT2D eigenvalue weighted by Crippen LogP contribution is 2.25. The third-order valence-corrected chi connectivity index (χ3v) is 5.64. The van der Waals surface area contributed by atoms with Gasteiger partial charge >= 0.3 is 0 Å². The van der Waals surface area contributed by atoms with E-state index in [0.717, 1.165) is 17.1 Å². The molecule has 0 unspecified atom stereocenters. The van der Waals surface area contributed by atoms with E-state index in [4.69, 9.17) is 16.2 Å². The average Bonchev–Trinajstić information content (AvgIpc) is 2.59. The maximum atomic E-state index is 9.07. The molecule has 0 fully saturated rings. The minimum atomic E-state index is -0.364. The third-order valence-electron chi connectivity index (χ3n) is 3.37. The second kappa shape index (κ2) is 9.99. The molecule has 2 rings (SSSR count). The van der Waals surface area contributed by atoms with Gasteiger partial charge in [-0.05, 0) is 70.7 Å². The molecule has 0 atom stereocenters. The molecular formula is C19H27ClN6OS2. The number of pyridine rings is 1. The number of hydrogen-bond acceptors (Lipinski definition) is 9. The smallest absolute Gasteiger partial charge is 0.159 e. The lowest BCUT2D eigenvalue weighted by Crippen LogP contribution is -2.34. The number of nitrogens with one attached hydrogen (secondary N) is 3. The first kappa shape index (κ1) is 23.8. The fraction of sp³-hybridized carbons (Fsp3) is 0.421. The number of nitrogens with zero attached hydrogens (tertiary/aromatic N) is 3. The lowest BCUT2D eigenvalue weighted by Gasteiger charge is -2.25. The fourth-order valence-electron chi connectivity index (χ4n) is 2.13. The highest BCUT2D eigenvalue weighted by atomic mass is 35.5. The van der Waals surface area contributed by atoms with Crippen molar-refractivity contribution in [3.05, 3.63) is 41.8 Å². The summed E-state index contributed by atoms with van der Waals surface area (Å²) in [7, 11) is 0. The Morgan fingerprint density at radius 2 is 1.90 bits per heavy atom. The topological polar surface area (TPSA) is 95.0 Å². The van der Waals surface area contributed by atoms with Gasteiger partial charge in [-0.2, -0.15) is 0 Å². The molecule has 0 aliphatic heterocycles. The average molecular weight is 455 g/mol. The van der Waals surface area contributed by atoms with E-state index in [1.54, 1.807) is 6.20 Å². The Hall–Kier alpha value is -1.52. The van der Waals surface area contributed by atoms with E-state index in [0.29, 0.717) is 28.8 Å². The van der Waals surface area contributed by atoms with Crippen molar-refractivity contribution in [1.82, 2.24) is 19.7 Å². The zero-order valence-corrected chi connectivity index (χ0v) is 19.6. The van der Waals surface area contributed by atoms with Gasteiger partial charge in [-0.15, -0.1) is 0 Å². The van der Waals surface area contributed by atoms with E-state index in [9.17, 15) is 0 Å². The second-order valence-electron chi connectivity index (χ2n) is 8.10. The minimum Gasteiger partial charge on any atom is -0.363 e. The molecule has 158 valence electrons. The molecule has 2 aromatic rings. The van der Waals surface area contributed by atoms with Gasteiger partial charge in [-0.1, -0.05) is 24.2 Å². The van der Waals surface area contributed by atoms with Crippen LogP contribution in [0, 0.1) is 0 Å². The van der Waals surface area contributed by atoms with Crippen molar-refractivity contribution in [1.29, 1.82) is 0 Å². The summed E-state index contributed by atoms with van der Waals surface area (Å²) in [6, 6.07) is 5.69. The Bertz CT molecular complexity index is 857. The fourth-order valence-corrected chi connectivity index (χ4v) is 3.48. The lowest BCUT2D eigenvalue weighted by molar-refractivity contribution is 0.535. The van der Waals surface area contributed by atoms with Gasteiger partial charge in [0.2, 0.25) is 0 Å². The molecule has 0 spiro atoms. The molecule has 0 aliphatic rings. The summed E-state index contributed by atoms with van der Waals surface area (Å²) in [5, 5.41) is 7.39. The largest absolute Gasteiger partial charge is 0.363 e. The van der Waals surface area contributed by atoms with Gasteiger partial charge in [0.05, 0.1) is 11.9 Å². The summed E-state index contributed by atoms with van der Waals surface area (Å²) < 4.78 is 12.4. The molecule has 10 heteroatoms. The number of rotatable bonds is 9. The first-order chi connectivity index (χ1) is 13.5. The standard InChI is InChI=1S/C19H27ClN6OS2/c1-12(22-13-8-7-9-15(23-13)29-26-18(2,3)4)16-17(20)24-14(10-21-16)25-19(5,6)11-28-27/h7-10,26-27H,1,11H2,2-6H3,(H,22,23)(H,24,25). The third kappa shape index (κ3) is 8.02. The molecule has 7 nitrogen and oxygen atoms in total. The Kier molecular flexibility index (Phi) is 8.18. The van der Waals surface area contributed by atoms with E-state index in [1.807, 2.05) is 32.0 Å². The molecule has 4 N–H and O–H groups in total. The van der Waals surface area contributed by atoms with Gasteiger partial charge in [0.25, 0.3) is 0 Å². The minimum absolute atomic E-state index is 0.0251. The molecular weight excluding hydrogens is 428 g/mol. The zero-order chi connectivity index (χ0) is 21.7. The van der Waals surface area contributed by atoms with Gasteiger partial charge in [0.1, 0.15) is 22.4 Å². The molecule has 0 aromatic carbocycles. The van der Waals surface area contributed by atoms with Crippen LogP contribution in [0.2, 0.25) is 5.15 Å². The molecule has 0 saturated heterocycles. The van der Waals surface area contributed by atoms with Crippen LogP contribution in [0.3, 0.4) is 0 Å². The van der Waals surface area contributed by atoms with Crippen molar-refractivity contribution in [2.45, 2.75) is 50.7 Å². The van der Waals surface area contributed by atoms with E-state index >= 15 is 0 Å². The quantitative estimate of drug-likeness (QED) is 0.293. The van der Waals surface area contributed by atoms with Crippen molar-refractivity contribution >= 4 is 52.9 Å². The van der Waals surface area contributed by atoms with Crippen LogP contribution in [0.1, 0.15) is 40.3 Å². The normalized spacial score (nSPS) is 12.0. The molecule has 2 aromatic heterocycles. The van der Waals surface area contributed by atoms with Crippen LogP contribution < -0.4 is 15.4 Å². The maximum absolute atomic E-state index is 9.07. The lowest BCUT2D eigenvalue weighted by atomic mass is 10.1. The predicted molar refractivity (Wildman–Crippen MR) is 125 cm³/mol. The molecule has 0 radical (unpaired) electrons. The van der Waals surface area contributed by atoms with Gasteiger partial charge in [-0.25, -0.2) is 15.0 Å². The summed E-state index contributed by atoms with van der Waals surface area (Å²) in [6.07, 6.45) is 1.59. The molecule has 29 heavy (non-hydrogen) atoms.